The Labute approximate surface area is 167 Å². The van der Waals surface area contributed by atoms with Crippen LogP contribution in [-0.2, 0) is 15.8 Å². The number of aliphatic hydroxyl groups is 2. The number of ether oxygens (including phenoxy) is 1. The molecule has 1 aromatic carbocycles. The zero-order valence-corrected chi connectivity index (χ0v) is 18.9. The van der Waals surface area contributed by atoms with E-state index in [9.17, 15) is 10.2 Å². The van der Waals surface area contributed by atoms with Gasteiger partial charge in [0.05, 0.1) is 18.8 Å². The summed E-state index contributed by atoms with van der Waals surface area (Å²) in [6.45, 7) is 11.8. The average molecular weight is 397 g/mol. The molecule has 0 aliphatic carbocycles. The molecule has 0 aromatic heterocycles. The number of hydrogen-bond donors (Lipinski definition) is 2. The number of hydrogen-bond acceptors (Lipinski definition) is 4. The van der Waals surface area contributed by atoms with Gasteiger partial charge in [0.2, 0.25) is 0 Å². The smallest absolute Gasteiger partial charge is 0.192 e. The minimum Gasteiger partial charge on any atom is -0.413 e. The molecule has 0 radical (unpaired) electrons. The van der Waals surface area contributed by atoms with Gasteiger partial charge >= 0.3 is 0 Å². The van der Waals surface area contributed by atoms with Gasteiger partial charge in [-0.3, -0.25) is 0 Å². The van der Waals surface area contributed by atoms with Gasteiger partial charge in [0.1, 0.15) is 0 Å². The molecule has 5 heteroatoms. The van der Waals surface area contributed by atoms with Crippen molar-refractivity contribution < 1.29 is 19.4 Å². The van der Waals surface area contributed by atoms with Gasteiger partial charge in [0, 0.05) is 25.0 Å². The Balaban J connectivity index is 2.74. The van der Waals surface area contributed by atoms with Crippen LogP contribution in [0.15, 0.2) is 30.3 Å². The summed E-state index contributed by atoms with van der Waals surface area (Å²) in [7, 11) is -1.79. The maximum Gasteiger partial charge on any atom is 0.192 e. The molecule has 0 aliphatic heterocycles. The maximum absolute atomic E-state index is 10.6. The minimum absolute atomic E-state index is 0.0133. The highest BCUT2D eigenvalue weighted by molar-refractivity contribution is 6.73. The molecule has 1 aromatic rings. The van der Waals surface area contributed by atoms with Crippen LogP contribution in [0.3, 0.4) is 0 Å². The summed E-state index contributed by atoms with van der Waals surface area (Å²) in [5.74, 6) is -0.193. The lowest BCUT2D eigenvalue weighted by Gasteiger charge is -2.38. The summed E-state index contributed by atoms with van der Waals surface area (Å²) in [6, 6.07) is 13.4. The van der Waals surface area contributed by atoms with Crippen LogP contribution >= 0.6 is 0 Å². The van der Waals surface area contributed by atoms with Crippen molar-refractivity contribution in [3.63, 3.8) is 0 Å². The van der Waals surface area contributed by atoms with Crippen molar-refractivity contribution in [3.05, 3.63) is 35.9 Å². The Morgan fingerprint density at radius 1 is 1.00 bits per heavy atom. The van der Waals surface area contributed by atoms with E-state index in [2.05, 4.69) is 32.9 Å². The minimum atomic E-state index is -1.79. The van der Waals surface area contributed by atoms with Crippen molar-refractivity contribution in [2.45, 2.75) is 78.0 Å². The van der Waals surface area contributed by atoms with E-state index in [0.29, 0.717) is 13.2 Å². The molecule has 4 nitrogen and oxygen atoms in total. The van der Waals surface area contributed by atoms with E-state index in [1.54, 1.807) is 0 Å². The fourth-order valence-electron chi connectivity index (χ4n) is 3.56. The van der Waals surface area contributed by atoms with Crippen LogP contribution < -0.4 is 0 Å². The van der Waals surface area contributed by atoms with Crippen molar-refractivity contribution in [1.82, 2.24) is 0 Å². The Morgan fingerprint density at radius 2 is 1.59 bits per heavy atom. The first-order valence-electron chi connectivity index (χ1n) is 10.5. The van der Waals surface area contributed by atoms with Crippen LogP contribution in [-0.4, -0.2) is 44.0 Å². The highest BCUT2D eigenvalue weighted by atomic mass is 28.4. The second kappa shape index (κ2) is 12.7. The third-order valence-electron chi connectivity index (χ3n) is 5.99. The number of rotatable bonds is 14. The molecule has 1 rings (SSSR count). The molecular formula is C22H40O4Si. The molecule has 0 fully saturated rings. The van der Waals surface area contributed by atoms with Gasteiger partial charge in [-0.05, 0) is 30.1 Å². The summed E-state index contributed by atoms with van der Waals surface area (Å²) < 4.78 is 12.6. The molecule has 0 heterocycles. The molecule has 0 saturated carbocycles. The van der Waals surface area contributed by atoms with E-state index < -0.39 is 14.4 Å². The average Bonchev–Trinajstić information content (AvgIpc) is 2.72. The molecule has 0 bridgehead atoms. The third kappa shape index (κ3) is 7.66. The van der Waals surface area contributed by atoms with E-state index in [-0.39, 0.29) is 24.5 Å². The molecule has 0 spiro atoms. The molecule has 4 atom stereocenters. The summed E-state index contributed by atoms with van der Waals surface area (Å²) in [5.41, 5.74) is 1.16. The van der Waals surface area contributed by atoms with Crippen molar-refractivity contribution in [3.8, 4) is 0 Å². The second-order valence-electron chi connectivity index (χ2n) is 7.74. The van der Waals surface area contributed by atoms with Crippen molar-refractivity contribution in [1.29, 1.82) is 0 Å². The van der Waals surface area contributed by atoms with Gasteiger partial charge in [-0.1, -0.05) is 65.0 Å². The molecule has 156 valence electrons. The van der Waals surface area contributed by atoms with Gasteiger partial charge in [-0.25, -0.2) is 0 Å². The molecule has 0 aliphatic rings. The first-order valence-corrected chi connectivity index (χ1v) is 13.0. The van der Waals surface area contributed by atoms with E-state index in [1.807, 2.05) is 32.0 Å². The third-order valence-corrected chi connectivity index (χ3v) is 10.7. The predicted octanol–water partition coefficient (Wildman–Crippen LogP) is 4.61. The fourth-order valence-corrected chi connectivity index (χ4v) is 6.53. The van der Waals surface area contributed by atoms with Crippen LogP contribution in [0.4, 0.5) is 0 Å². The summed E-state index contributed by atoms with van der Waals surface area (Å²) in [5, 5.41) is 20.1. The molecule has 27 heavy (non-hydrogen) atoms. The molecule has 0 unspecified atom stereocenters. The zero-order valence-electron chi connectivity index (χ0n) is 17.9. The summed E-state index contributed by atoms with van der Waals surface area (Å²) in [6.07, 6.45) is 0.139. The van der Waals surface area contributed by atoms with Crippen LogP contribution in [0.25, 0.3) is 0 Å². The van der Waals surface area contributed by atoms with Gasteiger partial charge in [-0.2, -0.15) is 0 Å². The van der Waals surface area contributed by atoms with Crippen LogP contribution in [0.1, 0.15) is 46.6 Å². The standard InChI is InChI=1S/C22H40O4Si/c1-6-27(7-2,8-3)26-21(19(5)22(24)18(4)16-23)14-15-25-17-20-12-10-9-11-13-20/h9-13,18-19,21-24H,6-8,14-17H2,1-5H3/t18-,19+,21-,22-/m0/s1. The number of benzene rings is 1. The zero-order chi connectivity index (χ0) is 20.3. The Morgan fingerprint density at radius 3 is 2.11 bits per heavy atom. The molecule has 0 saturated heterocycles. The Hall–Kier alpha value is -0.723. The van der Waals surface area contributed by atoms with E-state index in [0.717, 1.165) is 30.1 Å². The normalized spacial score (nSPS) is 16.7. The summed E-state index contributed by atoms with van der Waals surface area (Å²) in [4.78, 5) is 0. The second-order valence-corrected chi connectivity index (χ2v) is 12.5. The van der Waals surface area contributed by atoms with E-state index in [1.165, 1.54) is 0 Å². The van der Waals surface area contributed by atoms with Gasteiger partial charge in [0.25, 0.3) is 0 Å². The SMILES string of the molecule is CC[Si](CC)(CC)O[C@@H](CCOCc1ccccc1)[C@@H](C)[C@@H](O)[C@@H](C)CO. The Bertz CT molecular complexity index is 484. The quantitative estimate of drug-likeness (QED) is 0.356. The topological polar surface area (TPSA) is 58.9 Å². The van der Waals surface area contributed by atoms with Crippen LogP contribution in [0, 0.1) is 11.8 Å². The Kier molecular flexibility index (Phi) is 11.4. The van der Waals surface area contributed by atoms with Crippen LogP contribution in [0.2, 0.25) is 18.1 Å². The highest BCUT2D eigenvalue weighted by Crippen LogP contribution is 2.29. The van der Waals surface area contributed by atoms with Crippen LogP contribution in [0.5, 0.6) is 0 Å². The fraction of sp³-hybridized carbons (Fsp3) is 0.727. The summed E-state index contributed by atoms with van der Waals surface area (Å²) >= 11 is 0. The molecule has 0 amide bonds. The van der Waals surface area contributed by atoms with Gasteiger partial charge in [0.15, 0.2) is 8.32 Å². The predicted molar refractivity (Wildman–Crippen MR) is 114 cm³/mol. The lowest BCUT2D eigenvalue weighted by molar-refractivity contribution is -0.0264. The first kappa shape index (κ1) is 24.3. The van der Waals surface area contributed by atoms with Crippen molar-refractivity contribution in [2.24, 2.45) is 11.8 Å². The first-order chi connectivity index (χ1) is 12.9. The van der Waals surface area contributed by atoms with Crippen molar-refractivity contribution in [2.75, 3.05) is 13.2 Å². The molecular weight excluding hydrogens is 356 g/mol. The van der Waals surface area contributed by atoms with E-state index >= 15 is 0 Å². The van der Waals surface area contributed by atoms with Crippen molar-refractivity contribution >= 4 is 8.32 Å². The number of aliphatic hydroxyl groups excluding tert-OH is 2. The van der Waals surface area contributed by atoms with Gasteiger partial charge < -0.3 is 19.4 Å². The van der Waals surface area contributed by atoms with E-state index in [4.69, 9.17) is 9.16 Å². The van der Waals surface area contributed by atoms with Gasteiger partial charge in [-0.15, -0.1) is 0 Å². The largest absolute Gasteiger partial charge is 0.413 e. The lowest BCUT2D eigenvalue weighted by atomic mass is 9.88. The highest BCUT2D eigenvalue weighted by Gasteiger charge is 2.36. The lowest BCUT2D eigenvalue weighted by Crippen LogP contribution is -2.46. The maximum atomic E-state index is 10.6. The molecule has 2 N–H and O–H groups in total. The monoisotopic (exact) mass is 396 g/mol.